The van der Waals surface area contributed by atoms with Crippen molar-refractivity contribution in [2.24, 2.45) is 0 Å². The minimum absolute atomic E-state index is 0.0881. The number of carbonyl (C=O) groups excluding carboxylic acids is 1. The fraction of sp³-hybridized carbons (Fsp3) is 0.560. The molecular weight excluding hydrogens is 403 g/mol. The van der Waals surface area contributed by atoms with Gasteiger partial charge >= 0.3 is 0 Å². The summed E-state index contributed by atoms with van der Waals surface area (Å²) in [5, 5.41) is 11.9. The van der Waals surface area contributed by atoms with Crippen LogP contribution in [0.2, 0.25) is 0 Å². The van der Waals surface area contributed by atoms with E-state index in [1.54, 1.807) is 0 Å². The van der Waals surface area contributed by atoms with E-state index in [9.17, 15) is 9.90 Å². The highest BCUT2D eigenvalue weighted by atomic mass is 35.5. The van der Waals surface area contributed by atoms with Gasteiger partial charge in [-0.3, -0.25) is 4.79 Å². The summed E-state index contributed by atoms with van der Waals surface area (Å²) >= 11 is 12.6. The van der Waals surface area contributed by atoms with E-state index in [-0.39, 0.29) is 22.0 Å². The Bertz CT molecular complexity index is 898. The summed E-state index contributed by atoms with van der Waals surface area (Å²) in [7, 11) is 0. The molecule has 2 nitrogen and oxygen atoms in total. The van der Waals surface area contributed by atoms with E-state index in [0.717, 1.165) is 35.1 Å². The largest absolute Gasteiger partial charge is 0.507 e. The van der Waals surface area contributed by atoms with Crippen LogP contribution in [0.1, 0.15) is 90.8 Å². The number of phenolic OH excluding ortho intramolecular Hbond substituents is 1. The Morgan fingerprint density at radius 1 is 1.00 bits per heavy atom. The summed E-state index contributed by atoms with van der Waals surface area (Å²) in [5.41, 5.74) is 4.10. The molecule has 0 radical (unpaired) electrons. The quantitative estimate of drug-likeness (QED) is 0.535. The van der Waals surface area contributed by atoms with Crippen molar-refractivity contribution in [2.45, 2.75) is 90.4 Å². The van der Waals surface area contributed by atoms with E-state index >= 15 is 0 Å². The molecule has 0 aliphatic heterocycles. The van der Waals surface area contributed by atoms with Gasteiger partial charge < -0.3 is 5.11 Å². The molecule has 0 spiro atoms. The van der Waals surface area contributed by atoms with Crippen LogP contribution in [0.25, 0.3) is 0 Å². The summed E-state index contributed by atoms with van der Waals surface area (Å²) < 4.78 is 0. The molecule has 158 valence electrons. The second kappa shape index (κ2) is 7.17. The fourth-order valence-corrected chi connectivity index (χ4v) is 4.69. The summed E-state index contributed by atoms with van der Waals surface area (Å²) in [6.07, 6.45) is 2.93. The molecule has 1 saturated carbocycles. The number of aromatic hydroxyl groups is 1. The molecule has 0 atom stereocenters. The number of phenols is 1. The molecule has 2 aliphatic rings. The van der Waals surface area contributed by atoms with E-state index in [2.05, 4.69) is 53.7 Å². The van der Waals surface area contributed by atoms with Gasteiger partial charge in [0.15, 0.2) is 5.78 Å². The van der Waals surface area contributed by atoms with Crippen LogP contribution in [0.15, 0.2) is 33.3 Å². The second-order valence-corrected chi connectivity index (χ2v) is 11.6. The van der Waals surface area contributed by atoms with Crippen LogP contribution >= 0.6 is 23.2 Å². The van der Waals surface area contributed by atoms with Crippen LogP contribution in [0.5, 0.6) is 5.75 Å². The minimum atomic E-state index is -0.188. The number of ketones is 1. The minimum Gasteiger partial charge on any atom is -0.507 e. The molecule has 1 fully saturated rings. The van der Waals surface area contributed by atoms with Crippen molar-refractivity contribution in [3.8, 4) is 5.75 Å². The zero-order valence-electron chi connectivity index (χ0n) is 18.6. The molecule has 0 bridgehead atoms. The van der Waals surface area contributed by atoms with E-state index in [1.807, 2.05) is 6.92 Å². The Morgan fingerprint density at radius 3 is 1.83 bits per heavy atom. The van der Waals surface area contributed by atoms with Crippen LogP contribution in [0.4, 0.5) is 0 Å². The SMILES string of the molecule is CC1=C(Cl)C(Cl)=C(C(=O)CC2(c3cc(C(C)(C)C)c(O)c(C(C)(C)C)c3)CC2)C1. The smallest absolute Gasteiger partial charge is 0.161 e. The van der Waals surface area contributed by atoms with Crippen LogP contribution < -0.4 is 0 Å². The van der Waals surface area contributed by atoms with Crippen molar-refractivity contribution in [3.63, 3.8) is 0 Å². The number of Topliss-reactive ketones (excluding diaryl/α,β-unsaturated/α-hetero) is 1. The normalized spacial score (nSPS) is 19.2. The number of allylic oxidation sites excluding steroid dienone is 4. The zero-order chi connectivity index (χ0) is 21.9. The Labute approximate surface area is 185 Å². The van der Waals surface area contributed by atoms with Gasteiger partial charge in [0.2, 0.25) is 0 Å². The van der Waals surface area contributed by atoms with Crippen molar-refractivity contribution in [2.75, 3.05) is 0 Å². The fourth-order valence-electron chi connectivity index (χ4n) is 4.18. The third-order valence-electron chi connectivity index (χ3n) is 6.30. The van der Waals surface area contributed by atoms with Crippen LogP contribution in [-0.4, -0.2) is 10.9 Å². The second-order valence-electron chi connectivity index (χ2n) is 10.9. The summed E-state index contributed by atoms with van der Waals surface area (Å²) in [6, 6.07) is 4.23. The molecule has 29 heavy (non-hydrogen) atoms. The average Bonchev–Trinajstić information content (AvgIpc) is 3.31. The van der Waals surface area contributed by atoms with Gasteiger partial charge in [-0.05, 0) is 59.3 Å². The van der Waals surface area contributed by atoms with Gasteiger partial charge in [-0.1, -0.05) is 76.9 Å². The Hall–Kier alpha value is -1.25. The highest BCUT2D eigenvalue weighted by Gasteiger charge is 2.47. The number of hydrogen-bond acceptors (Lipinski definition) is 2. The van der Waals surface area contributed by atoms with Crippen molar-refractivity contribution >= 4 is 29.0 Å². The Kier molecular flexibility index (Phi) is 5.54. The first-order valence-corrected chi connectivity index (χ1v) is 11.1. The lowest BCUT2D eigenvalue weighted by molar-refractivity contribution is -0.116. The monoisotopic (exact) mass is 434 g/mol. The molecule has 4 heteroatoms. The van der Waals surface area contributed by atoms with Crippen molar-refractivity contribution in [1.82, 2.24) is 0 Å². The zero-order valence-corrected chi connectivity index (χ0v) is 20.1. The Morgan fingerprint density at radius 2 is 1.48 bits per heavy atom. The van der Waals surface area contributed by atoms with E-state index in [1.165, 1.54) is 0 Å². The third kappa shape index (κ3) is 4.16. The van der Waals surface area contributed by atoms with Crippen LogP contribution in [-0.2, 0) is 21.0 Å². The lowest BCUT2D eigenvalue weighted by atomic mass is 9.75. The molecule has 1 aromatic carbocycles. The molecule has 1 N–H and O–H groups in total. The molecule has 3 rings (SSSR count). The van der Waals surface area contributed by atoms with Gasteiger partial charge in [0, 0.05) is 17.4 Å². The topological polar surface area (TPSA) is 37.3 Å². The first-order valence-electron chi connectivity index (χ1n) is 10.3. The highest BCUT2D eigenvalue weighted by molar-refractivity contribution is 6.46. The van der Waals surface area contributed by atoms with Gasteiger partial charge in [-0.2, -0.15) is 0 Å². The molecule has 0 saturated heterocycles. The van der Waals surface area contributed by atoms with E-state index in [4.69, 9.17) is 23.2 Å². The number of carbonyl (C=O) groups is 1. The maximum atomic E-state index is 13.1. The molecule has 2 aliphatic carbocycles. The Balaban J connectivity index is 2.01. The number of halogens is 2. The predicted octanol–water partition coefficient (Wildman–Crippen LogP) is 7.39. The summed E-state index contributed by atoms with van der Waals surface area (Å²) in [6.45, 7) is 14.6. The lowest BCUT2D eigenvalue weighted by Gasteiger charge is -2.30. The highest BCUT2D eigenvalue weighted by Crippen LogP contribution is 2.55. The summed E-state index contributed by atoms with van der Waals surface area (Å²) in [4.78, 5) is 13.1. The van der Waals surface area contributed by atoms with Crippen molar-refractivity contribution in [3.05, 3.63) is 50.0 Å². The molecule has 0 amide bonds. The predicted molar refractivity (Wildman–Crippen MR) is 122 cm³/mol. The lowest BCUT2D eigenvalue weighted by Crippen LogP contribution is -2.21. The number of benzene rings is 1. The molecule has 1 aromatic rings. The van der Waals surface area contributed by atoms with Crippen LogP contribution in [0.3, 0.4) is 0 Å². The van der Waals surface area contributed by atoms with Gasteiger partial charge in [-0.25, -0.2) is 0 Å². The summed E-state index contributed by atoms with van der Waals surface area (Å²) in [5.74, 6) is 0.467. The standard InChI is InChI=1S/C25H32Cl2O2/c1-14-10-16(21(27)20(14)26)19(28)13-25(8-9-25)15-11-17(23(2,3)4)22(29)18(12-15)24(5,6)7/h11-12,29H,8-10,13H2,1-7H3. The van der Waals surface area contributed by atoms with Gasteiger partial charge in [0.25, 0.3) is 0 Å². The van der Waals surface area contributed by atoms with E-state index < -0.39 is 0 Å². The molecule has 0 heterocycles. The first-order chi connectivity index (χ1) is 13.2. The molecule has 0 aromatic heterocycles. The average molecular weight is 435 g/mol. The van der Waals surface area contributed by atoms with Gasteiger partial charge in [0.1, 0.15) is 5.75 Å². The van der Waals surface area contributed by atoms with Crippen molar-refractivity contribution < 1.29 is 9.90 Å². The third-order valence-corrected chi connectivity index (χ3v) is 7.33. The number of hydrogen-bond donors (Lipinski definition) is 1. The van der Waals surface area contributed by atoms with E-state index in [0.29, 0.717) is 34.2 Å². The first kappa shape index (κ1) is 22.4. The maximum Gasteiger partial charge on any atom is 0.161 e. The van der Waals surface area contributed by atoms with Crippen LogP contribution in [0, 0.1) is 0 Å². The van der Waals surface area contributed by atoms with Crippen molar-refractivity contribution in [1.29, 1.82) is 0 Å². The number of rotatable bonds is 4. The van der Waals surface area contributed by atoms with Gasteiger partial charge in [0.05, 0.1) is 10.1 Å². The molecular formula is C25H32Cl2O2. The molecule has 0 unspecified atom stereocenters. The maximum absolute atomic E-state index is 13.1. The van der Waals surface area contributed by atoms with Gasteiger partial charge in [-0.15, -0.1) is 0 Å².